The van der Waals surface area contributed by atoms with Crippen LogP contribution in [0.5, 0.6) is 5.75 Å². The zero-order valence-corrected chi connectivity index (χ0v) is 22.9. The highest BCUT2D eigenvalue weighted by Gasteiger charge is 2.26. The molecule has 37 heavy (non-hydrogen) atoms. The van der Waals surface area contributed by atoms with Crippen LogP contribution in [0.15, 0.2) is 42.1 Å². The van der Waals surface area contributed by atoms with Crippen molar-refractivity contribution in [3.05, 3.63) is 52.9 Å². The summed E-state index contributed by atoms with van der Waals surface area (Å²) >= 11 is 2.78. The van der Waals surface area contributed by atoms with E-state index in [-0.39, 0.29) is 11.7 Å². The van der Waals surface area contributed by atoms with Crippen LogP contribution in [-0.4, -0.2) is 46.1 Å². The second kappa shape index (κ2) is 12.9. The number of thiophene rings is 1. The van der Waals surface area contributed by atoms with Crippen LogP contribution in [0.4, 0.5) is 5.00 Å². The lowest BCUT2D eigenvalue weighted by atomic mass is 9.96. The van der Waals surface area contributed by atoms with Gasteiger partial charge in [0.15, 0.2) is 11.0 Å². The standard InChI is InChI=1S/C27H32N4O4S2/c1-4-16-31-24(18-12-10-11-14-20(18)35-5-2)29-30-27(31)36-17-22(32)28-25-23(26(33)34-3)19-13-8-6-7-9-15-21(19)37-25/h4,10-12,14H,1,5-9,13,15-17H2,2-3H3,(H,28,32). The number of rotatable bonds is 10. The smallest absolute Gasteiger partial charge is 0.341 e. The van der Waals surface area contributed by atoms with Gasteiger partial charge in [0.2, 0.25) is 5.91 Å². The predicted octanol–water partition coefficient (Wildman–Crippen LogP) is 5.77. The molecule has 196 valence electrons. The van der Waals surface area contributed by atoms with Gasteiger partial charge in [-0.3, -0.25) is 9.36 Å². The summed E-state index contributed by atoms with van der Waals surface area (Å²) in [5.41, 5.74) is 2.36. The number of hydrogen-bond donors (Lipinski definition) is 1. The molecule has 4 rings (SSSR count). The van der Waals surface area contributed by atoms with E-state index in [1.165, 1.54) is 41.5 Å². The first-order valence-electron chi connectivity index (χ1n) is 12.5. The molecule has 0 aliphatic heterocycles. The molecule has 2 aromatic heterocycles. The second-order valence-corrected chi connectivity index (χ2v) is 10.6. The molecule has 0 fully saturated rings. The summed E-state index contributed by atoms with van der Waals surface area (Å²) < 4.78 is 12.8. The number of para-hydroxylation sites is 1. The number of esters is 1. The minimum Gasteiger partial charge on any atom is -0.493 e. The van der Waals surface area contributed by atoms with Crippen molar-refractivity contribution in [3.8, 4) is 17.1 Å². The number of amides is 1. The van der Waals surface area contributed by atoms with E-state index in [2.05, 4.69) is 22.1 Å². The van der Waals surface area contributed by atoms with Gasteiger partial charge < -0.3 is 14.8 Å². The molecule has 1 amide bonds. The van der Waals surface area contributed by atoms with Gasteiger partial charge in [0.1, 0.15) is 10.8 Å². The molecule has 0 saturated carbocycles. The Morgan fingerprint density at radius 2 is 1.97 bits per heavy atom. The minimum absolute atomic E-state index is 0.117. The van der Waals surface area contributed by atoms with Gasteiger partial charge >= 0.3 is 5.97 Å². The molecule has 0 saturated heterocycles. The zero-order valence-electron chi connectivity index (χ0n) is 21.2. The molecule has 2 heterocycles. The van der Waals surface area contributed by atoms with Crippen LogP contribution in [0.1, 0.15) is 53.4 Å². The molecule has 1 N–H and O–H groups in total. The third-order valence-electron chi connectivity index (χ3n) is 6.10. The number of benzene rings is 1. The average molecular weight is 541 g/mol. The number of methoxy groups -OCH3 is 1. The number of fused-ring (bicyclic) bond motifs is 1. The maximum Gasteiger partial charge on any atom is 0.341 e. The number of carbonyl (C=O) groups excluding carboxylic acids is 2. The molecule has 10 heteroatoms. The molecule has 0 bridgehead atoms. The van der Waals surface area contributed by atoms with Crippen molar-refractivity contribution in [3.63, 3.8) is 0 Å². The van der Waals surface area contributed by atoms with Crippen LogP contribution in [0.25, 0.3) is 11.4 Å². The lowest BCUT2D eigenvalue weighted by molar-refractivity contribution is -0.113. The van der Waals surface area contributed by atoms with Gasteiger partial charge in [-0.15, -0.1) is 28.1 Å². The van der Waals surface area contributed by atoms with Crippen LogP contribution < -0.4 is 10.1 Å². The summed E-state index contributed by atoms with van der Waals surface area (Å²) in [6, 6.07) is 7.67. The Bertz CT molecular complexity index is 1270. The van der Waals surface area contributed by atoms with Crippen LogP contribution in [0.3, 0.4) is 0 Å². The van der Waals surface area contributed by atoms with Crippen molar-refractivity contribution >= 4 is 40.0 Å². The number of thioether (sulfide) groups is 1. The lowest BCUT2D eigenvalue weighted by Gasteiger charge is -2.12. The normalized spacial score (nSPS) is 13.2. The van der Waals surface area contributed by atoms with Crippen LogP contribution in [-0.2, 0) is 28.9 Å². The van der Waals surface area contributed by atoms with E-state index >= 15 is 0 Å². The summed E-state index contributed by atoms with van der Waals surface area (Å²) in [4.78, 5) is 26.8. The molecule has 0 spiro atoms. The Morgan fingerprint density at radius 1 is 1.19 bits per heavy atom. The highest BCUT2D eigenvalue weighted by atomic mass is 32.2. The first-order valence-corrected chi connectivity index (χ1v) is 14.3. The molecule has 8 nitrogen and oxygen atoms in total. The number of aromatic nitrogens is 3. The molecule has 0 unspecified atom stereocenters. The molecular weight excluding hydrogens is 508 g/mol. The molecule has 1 aromatic carbocycles. The number of nitrogens with one attached hydrogen (secondary N) is 1. The van der Waals surface area contributed by atoms with E-state index in [9.17, 15) is 9.59 Å². The number of ether oxygens (including phenoxy) is 2. The van der Waals surface area contributed by atoms with Gasteiger partial charge in [-0.1, -0.05) is 42.8 Å². The monoisotopic (exact) mass is 540 g/mol. The van der Waals surface area contributed by atoms with Crippen molar-refractivity contribution in [2.45, 2.75) is 57.1 Å². The van der Waals surface area contributed by atoms with Crippen molar-refractivity contribution in [2.75, 3.05) is 24.8 Å². The van der Waals surface area contributed by atoms with E-state index in [4.69, 9.17) is 9.47 Å². The summed E-state index contributed by atoms with van der Waals surface area (Å²) in [6.45, 7) is 6.82. The predicted molar refractivity (Wildman–Crippen MR) is 148 cm³/mol. The van der Waals surface area contributed by atoms with Gasteiger partial charge in [0.05, 0.1) is 30.6 Å². The molecular formula is C27H32N4O4S2. The molecule has 0 radical (unpaired) electrons. The third-order valence-corrected chi connectivity index (χ3v) is 8.28. The van der Waals surface area contributed by atoms with Gasteiger partial charge in [-0.25, -0.2) is 4.79 Å². The fourth-order valence-electron chi connectivity index (χ4n) is 4.44. The van der Waals surface area contributed by atoms with Crippen LogP contribution in [0, 0.1) is 0 Å². The second-order valence-electron chi connectivity index (χ2n) is 8.59. The molecule has 1 aliphatic carbocycles. The SMILES string of the molecule is C=CCn1c(SCC(=O)Nc2sc3c(c2C(=O)OC)CCCCCC3)nnc1-c1ccccc1OCC. The topological polar surface area (TPSA) is 95.3 Å². The van der Waals surface area contributed by atoms with Gasteiger partial charge in [-0.2, -0.15) is 0 Å². The maximum absolute atomic E-state index is 13.0. The fourth-order valence-corrected chi connectivity index (χ4v) is 6.48. The Labute approximate surface area is 225 Å². The van der Waals surface area contributed by atoms with E-state index in [1.807, 2.05) is 35.8 Å². The Kier molecular flexibility index (Phi) is 9.40. The Hall–Kier alpha value is -3.11. The molecule has 1 aliphatic rings. The van der Waals surface area contributed by atoms with E-state index < -0.39 is 5.97 Å². The van der Waals surface area contributed by atoms with Gasteiger partial charge in [0.25, 0.3) is 0 Å². The first kappa shape index (κ1) is 26.9. The number of anilines is 1. The lowest BCUT2D eigenvalue weighted by Crippen LogP contribution is -2.17. The molecule has 3 aromatic rings. The maximum atomic E-state index is 13.0. The summed E-state index contributed by atoms with van der Waals surface area (Å²) in [6.07, 6.45) is 7.98. The van der Waals surface area contributed by atoms with Crippen molar-refractivity contribution in [1.29, 1.82) is 0 Å². The van der Waals surface area contributed by atoms with Crippen molar-refractivity contribution < 1.29 is 19.1 Å². The fraction of sp³-hybridized carbons (Fsp3) is 0.407. The summed E-state index contributed by atoms with van der Waals surface area (Å²) in [7, 11) is 1.38. The number of allylic oxidation sites excluding steroid dienone is 1. The van der Waals surface area contributed by atoms with Crippen molar-refractivity contribution in [1.82, 2.24) is 14.8 Å². The highest BCUT2D eigenvalue weighted by molar-refractivity contribution is 7.99. The quantitative estimate of drug-likeness (QED) is 0.198. The minimum atomic E-state index is -0.399. The highest BCUT2D eigenvalue weighted by Crippen LogP contribution is 2.38. The average Bonchev–Trinajstić information content (AvgIpc) is 3.43. The largest absolute Gasteiger partial charge is 0.493 e. The van der Waals surface area contributed by atoms with Gasteiger partial charge in [0, 0.05) is 11.4 Å². The Balaban J connectivity index is 1.53. The summed E-state index contributed by atoms with van der Waals surface area (Å²) in [5, 5.41) is 12.9. The van der Waals surface area contributed by atoms with Crippen LogP contribution in [0.2, 0.25) is 0 Å². The Morgan fingerprint density at radius 3 is 2.73 bits per heavy atom. The number of aryl methyl sites for hydroxylation is 1. The van der Waals surface area contributed by atoms with E-state index in [0.29, 0.717) is 34.7 Å². The van der Waals surface area contributed by atoms with Crippen molar-refractivity contribution in [2.24, 2.45) is 0 Å². The first-order chi connectivity index (χ1) is 18.1. The van der Waals surface area contributed by atoms with E-state index in [1.54, 1.807) is 6.08 Å². The van der Waals surface area contributed by atoms with Gasteiger partial charge in [-0.05, 0) is 50.3 Å². The van der Waals surface area contributed by atoms with Crippen LogP contribution >= 0.6 is 23.1 Å². The van der Waals surface area contributed by atoms with E-state index in [0.717, 1.165) is 49.0 Å². The number of hydrogen-bond acceptors (Lipinski definition) is 8. The third kappa shape index (κ3) is 6.24. The molecule has 0 atom stereocenters. The zero-order chi connectivity index (χ0) is 26.2. The number of nitrogens with zero attached hydrogens (tertiary/aromatic N) is 3. The number of carbonyl (C=O) groups is 2. The summed E-state index contributed by atoms with van der Waals surface area (Å²) in [5.74, 6) is 0.877.